The molecule has 6 heteroatoms. The highest BCUT2D eigenvalue weighted by Crippen LogP contribution is 2.33. The van der Waals surface area contributed by atoms with Gasteiger partial charge in [0, 0.05) is 24.5 Å². The van der Waals surface area contributed by atoms with E-state index < -0.39 is 0 Å². The van der Waals surface area contributed by atoms with Crippen LogP contribution in [0, 0.1) is 0 Å². The van der Waals surface area contributed by atoms with Gasteiger partial charge in [-0.15, -0.1) is 12.4 Å². The number of benzene rings is 1. The van der Waals surface area contributed by atoms with Crippen LogP contribution in [0.1, 0.15) is 49.0 Å². The smallest absolute Gasteiger partial charge is 0.277 e. The molecule has 1 unspecified atom stereocenters. The lowest BCUT2D eigenvalue weighted by Crippen LogP contribution is -2.34. The topological polar surface area (TPSA) is 53.9 Å². The first-order valence-corrected chi connectivity index (χ1v) is 9.81. The first kappa shape index (κ1) is 20.4. The molecule has 148 valence electrons. The second kappa shape index (κ2) is 9.22. The second-order valence-corrected chi connectivity index (χ2v) is 7.20. The van der Waals surface area contributed by atoms with Gasteiger partial charge in [-0.1, -0.05) is 43.3 Å². The van der Waals surface area contributed by atoms with Crippen LogP contribution in [0.5, 0.6) is 0 Å². The fraction of sp³-hybridized carbons (Fsp3) is 0.364. The zero-order valence-electron chi connectivity index (χ0n) is 16.2. The summed E-state index contributed by atoms with van der Waals surface area (Å²) in [5.74, 6) is 0.653. The van der Waals surface area contributed by atoms with Gasteiger partial charge in [0.25, 0.3) is 5.56 Å². The lowest BCUT2D eigenvalue weighted by molar-refractivity contribution is 0.169. The van der Waals surface area contributed by atoms with Crippen molar-refractivity contribution < 1.29 is 0 Å². The minimum atomic E-state index is 0. The summed E-state index contributed by atoms with van der Waals surface area (Å²) >= 11 is 0. The Bertz CT molecular complexity index is 936. The molecule has 5 nitrogen and oxygen atoms in total. The van der Waals surface area contributed by atoms with E-state index in [9.17, 15) is 4.79 Å². The Morgan fingerprint density at radius 3 is 2.68 bits per heavy atom. The van der Waals surface area contributed by atoms with Crippen LogP contribution in [0.15, 0.2) is 59.5 Å². The zero-order valence-corrected chi connectivity index (χ0v) is 17.0. The van der Waals surface area contributed by atoms with Gasteiger partial charge < -0.3 is 0 Å². The third-order valence-electron chi connectivity index (χ3n) is 5.30. The van der Waals surface area contributed by atoms with Crippen molar-refractivity contribution >= 4 is 12.4 Å². The molecular formula is C22H27ClN4O. The fourth-order valence-corrected chi connectivity index (χ4v) is 4.11. The van der Waals surface area contributed by atoms with Crippen LogP contribution >= 0.6 is 12.4 Å². The Morgan fingerprint density at radius 1 is 1.18 bits per heavy atom. The van der Waals surface area contributed by atoms with Crippen molar-refractivity contribution in [2.75, 3.05) is 6.54 Å². The molecule has 0 saturated heterocycles. The zero-order chi connectivity index (χ0) is 18.6. The summed E-state index contributed by atoms with van der Waals surface area (Å²) in [4.78, 5) is 20.1. The molecule has 0 amide bonds. The molecule has 1 aromatic carbocycles. The second-order valence-electron chi connectivity index (χ2n) is 7.20. The van der Waals surface area contributed by atoms with Crippen molar-refractivity contribution in [2.24, 2.45) is 0 Å². The van der Waals surface area contributed by atoms with Crippen molar-refractivity contribution in [1.29, 1.82) is 0 Å². The Hall–Kier alpha value is -2.37. The number of nitrogens with zero attached hydrogens (tertiary/aromatic N) is 3. The Kier molecular flexibility index (Phi) is 6.70. The Morgan fingerprint density at radius 2 is 1.96 bits per heavy atom. The quantitative estimate of drug-likeness (QED) is 0.674. The van der Waals surface area contributed by atoms with Crippen molar-refractivity contribution in [3.05, 3.63) is 81.9 Å². The van der Waals surface area contributed by atoms with E-state index in [1.165, 1.54) is 5.56 Å². The average Bonchev–Trinajstić information content (AvgIpc) is 3.06. The molecule has 0 aliphatic heterocycles. The summed E-state index contributed by atoms with van der Waals surface area (Å²) in [5, 5.41) is 3.32. The molecule has 3 aromatic rings. The number of rotatable bonds is 6. The van der Waals surface area contributed by atoms with E-state index in [4.69, 9.17) is 0 Å². The Labute approximate surface area is 171 Å². The normalized spacial score (nSPS) is 15.9. The maximum atomic E-state index is 13.3. The first-order valence-electron chi connectivity index (χ1n) is 9.81. The maximum absolute atomic E-state index is 13.3. The lowest BCUT2D eigenvalue weighted by atomic mass is 9.91. The standard InChI is InChI=1S/C22H26N4O.ClH/c1-2-15-25(16-17-9-4-3-5-10-17)19-12-8-11-18-21(19)22(27)26(24-18)20-13-6-7-14-23-20;/h3-7,9-10,13-14,19,24H,2,8,11-12,15-16H2,1H3;1H. The van der Waals surface area contributed by atoms with Gasteiger partial charge in [-0.3, -0.25) is 14.8 Å². The van der Waals surface area contributed by atoms with Gasteiger partial charge in [0.05, 0.1) is 5.56 Å². The molecule has 0 spiro atoms. The molecule has 4 rings (SSSR count). The monoisotopic (exact) mass is 398 g/mol. The molecule has 1 aliphatic carbocycles. The lowest BCUT2D eigenvalue weighted by Gasteiger charge is -2.33. The number of halogens is 1. The van der Waals surface area contributed by atoms with Crippen LogP contribution in [-0.4, -0.2) is 26.2 Å². The van der Waals surface area contributed by atoms with E-state index in [-0.39, 0.29) is 24.0 Å². The highest BCUT2D eigenvalue weighted by Gasteiger charge is 2.31. The molecule has 0 radical (unpaired) electrons. The number of fused-ring (bicyclic) bond motifs is 1. The largest absolute Gasteiger partial charge is 0.293 e. The van der Waals surface area contributed by atoms with E-state index in [0.717, 1.165) is 50.0 Å². The number of aromatic nitrogens is 3. The van der Waals surface area contributed by atoms with Crippen LogP contribution in [0.4, 0.5) is 0 Å². The summed E-state index contributed by atoms with van der Waals surface area (Å²) in [6.45, 7) is 4.05. The van der Waals surface area contributed by atoms with Gasteiger partial charge in [0.1, 0.15) is 0 Å². The van der Waals surface area contributed by atoms with Gasteiger partial charge in [-0.2, -0.15) is 0 Å². The number of aromatic amines is 1. The molecule has 1 atom stereocenters. The predicted molar refractivity (Wildman–Crippen MR) is 114 cm³/mol. The summed E-state index contributed by atoms with van der Waals surface area (Å²) in [5.41, 5.74) is 3.33. The van der Waals surface area contributed by atoms with Crippen LogP contribution in [0.3, 0.4) is 0 Å². The first-order chi connectivity index (χ1) is 13.3. The maximum Gasteiger partial charge on any atom is 0.277 e. The van der Waals surface area contributed by atoms with E-state index in [1.54, 1.807) is 10.9 Å². The van der Waals surface area contributed by atoms with Gasteiger partial charge in [-0.05, 0) is 49.9 Å². The highest BCUT2D eigenvalue weighted by molar-refractivity contribution is 5.85. The van der Waals surface area contributed by atoms with Crippen molar-refractivity contribution in [1.82, 2.24) is 19.7 Å². The fourth-order valence-electron chi connectivity index (χ4n) is 4.11. The van der Waals surface area contributed by atoms with Gasteiger partial charge in [0.2, 0.25) is 0 Å². The minimum Gasteiger partial charge on any atom is -0.293 e. The summed E-state index contributed by atoms with van der Waals surface area (Å²) < 4.78 is 1.61. The number of aryl methyl sites for hydroxylation is 1. The van der Waals surface area contributed by atoms with Crippen LogP contribution < -0.4 is 5.56 Å². The molecular weight excluding hydrogens is 372 g/mol. The molecule has 28 heavy (non-hydrogen) atoms. The number of pyridine rings is 1. The minimum absolute atomic E-state index is 0. The van der Waals surface area contributed by atoms with E-state index >= 15 is 0 Å². The van der Waals surface area contributed by atoms with Gasteiger partial charge >= 0.3 is 0 Å². The summed E-state index contributed by atoms with van der Waals surface area (Å²) in [7, 11) is 0. The number of hydrogen-bond donors (Lipinski definition) is 1. The van der Waals surface area contributed by atoms with Crippen LogP contribution in [0.2, 0.25) is 0 Å². The molecule has 2 heterocycles. The number of hydrogen-bond acceptors (Lipinski definition) is 3. The molecule has 2 aromatic heterocycles. The molecule has 0 saturated carbocycles. The van der Waals surface area contributed by atoms with E-state index in [1.807, 2.05) is 24.3 Å². The van der Waals surface area contributed by atoms with Crippen molar-refractivity contribution in [3.8, 4) is 5.82 Å². The number of nitrogens with one attached hydrogen (secondary N) is 1. The van der Waals surface area contributed by atoms with Crippen molar-refractivity contribution in [3.63, 3.8) is 0 Å². The van der Waals surface area contributed by atoms with Gasteiger partial charge in [0.15, 0.2) is 5.82 Å². The predicted octanol–water partition coefficient (Wildman–Crippen LogP) is 4.27. The van der Waals surface area contributed by atoms with Crippen LogP contribution in [0.25, 0.3) is 5.82 Å². The van der Waals surface area contributed by atoms with Gasteiger partial charge in [-0.25, -0.2) is 9.67 Å². The SMILES string of the molecule is CCCN(Cc1ccccc1)C1CCCc2[nH]n(-c3ccccn3)c(=O)c21.Cl. The molecule has 0 bridgehead atoms. The van der Waals surface area contributed by atoms with Crippen LogP contribution in [-0.2, 0) is 13.0 Å². The third-order valence-corrected chi connectivity index (χ3v) is 5.30. The third kappa shape index (κ3) is 4.05. The summed E-state index contributed by atoms with van der Waals surface area (Å²) in [6, 6.07) is 16.3. The average molecular weight is 399 g/mol. The molecule has 1 N–H and O–H groups in total. The number of H-pyrrole nitrogens is 1. The molecule has 1 aliphatic rings. The van der Waals surface area contributed by atoms with E-state index in [2.05, 4.69) is 46.2 Å². The van der Waals surface area contributed by atoms with Crippen molar-refractivity contribution in [2.45, 2.75) is 45.2 Å². The molecule has 0 fully saturated rings. The highest BCUT2D eigenvalue weighted by atomic mass is 35.5. The summed E-state index contributed by atoms with van der Waals surface area (Å²) in [6.07, 6.45) is 5.82. The van der Waals surface area contributed by atoms with E-state index in [0.29, 0.717) is 5.82 Å². The Balaban J connectivity index is 0.00000225.